The number of aromatic amines is 1. The van der Waals surface area contributed by atoms with Crippen molar-refractivity contribution in [3.8, 4) is 0 Å². The van der Waals surface area contributed by atoms with Crippen molar-refractivity contribution in [1.29, 1.82) is 0 Å². The molecule has 18 heteroatoms. The molecule has 1 unspecified atom stereocenters. The Morgan fingerprint density at radius 3 is 2.22 bits per heavy atom. The lowest BCUT2D eigenvalue weighted by atomic mass is 9.92. The smallest absolute Gasteiger partial charge is 0.335 e. The molecule has 18 nitrogen and oxygen atoms in total. The fourth-order valence-electron chi connectivity index (χ4n) is 4.88. The standard InChI is InChI=1S/C33H44N10O8/c1-18(2)13-24(38-29(46)25(19(3)4)39-27(44)23(34)16-35-30(47)26-40-42-43-41-26)28(45)36-17-33(51,15-20-9-6-5-7-10-20)32(50)37-22-12-8-11-21(14-22)31(48)49/h5-12,14,18-19,23-25,51H,13,15-17,34H2,1-4H3,(H,35,47)(H,36,45)(H,37,50)(H,38,46)(H,39,44)(H,48,49)(H,40,41,42,43)/t23-,24-,25-,33?/m0/s1. The van der Waals surface area contributed by atoms with Crippen LogP contribution in [0, 0.1) is 11.8 Å². The number of rotatable bonds is 18. The highest BCUT2D eigenvalue weighted by Crippen LogP contribution is 2.19. The number of hydrogen-bond acceptors (Lipinski definition) is 11. The first-order valence-electron chi connectivity index (χ1n) is 16.2. The molecule has 0 fully saturated rings. The van der Waals surface area contributed by atoms with Crippen molar-refractivity contribution in [2.75, 3.05) is 18.4 Å². The van der Waals surface area contributed by atoms with E-state index in [0.29, 0.717) is 5.56 Å². The summed E-state index contributed by atoms with van der Waals surface area (Å²) in [5.41, 5.74) is 4.37. The number of carbonyl (C=O) groups is 6. The van der Waals surface area contributed by atoms with Gasteiger partial charge in [0.1, 0.15) is 18.1 Å². The second-order valence-electron chi connectivity index (χ2n) is 12.7. The van der Waals surface area contributed by atoms with Crippen LogP contribution in [0.4, 0.5) is 5.69 Å². The van der Waals surface area contributed by atoms with Gasteiger partial charge in [-0.2, -0.15) is 5.21 Å². The van der Waals surface area contributed by atoms with E-state index in [1.54, 1.807) is 44.2 Å². The third kappa shape index (κ3) is 12.0. The molecule has 3 rings (SSSR count). The zero-order valence-electron chi connectivity index (χ0n) is 28.7. The molecule has 0 radical (unpaired) electrons. The Kier molecular flexibility index (Phi) is 14.2. The number of nitrogens with one attached hydrogen (secondary N) is 6. The molecule has 0 aliphatic rings. The number of nitrogens with zero attached hydrogens (tertiary/aromatic N) is 3. The van der Waals surface area contributed by atoms with Crippen LogP contribution < -0.4 is 32.3 Å². The summed E-state index contributed by atoms with van der Waals surface area (Å²) in [7, 11) is 0. The maximum Gasteiger partial charge on any atom is 0.335 e. The molecule has 4 atom stereocenters. The molecule has 0 aliphatic carbocycles. The van der Waals surface area contributed by atoms with E-state index in [9.17, 15) is 39.0 Å². The summed E-state index contributed by atoms with van der Waals surface area (Å²) in [6.07, 6.45) is -0.0414. The molecular formula is C33H44N10O8. The number of H-pyrrole nitrogens is 1. The summed E-state index contributed by atoms with van der Waals surface area (Å²) in [6, 6.07) is 10.6. The van der Waals surface area contributed by atoms with E-state index in [4.69, 9.17) is 5.73 Å². The maximum absolute atomic E-state index is 13.6. The third-order valence-electron chi connectivity index (χ3n) is 7.64. The lowest BCUT2D eigenvalue weighted by Gasteiger charge is -2.30. The summed E-state index contributed by atoms with van der Waals surface area (Å²) >= 11 is 0. The largest absolute Gasteiger partial charge is 0.478 e. The SMILES string of the molecule is CC(C)C[C@H](NC(=O)[C@@H](NC(=O)[C@@H](N)CNC(=O)c1nn[nH]n1)C(C)C)C(=O)NCC(O)(Cc1ccccc1)C(=O)Nc1cccc(C(=O)O)c1. The second-order valence-corrected chi connectivity index (χ2v) is 12.7. The fourth-order valence-corrected chi connectivity index (χ4v) is 4.88. The van der Waals surface area contributed by atoms with Crippen molar-refractivity contribution in [3.63, 3.8) is 0 Å². The molecule has 0 saturated heterocycles. The van der Waals surface area contributed by atoms with Gasteiger partial charge < -0.3 is 42.5 Å². The van der Waals surface area contributed by atoms with E-state index in [2.05, 4.69) is 47.2 Å². The number of carboxylic acid groups (broad SMARTS) is 1. The van der Waals surface area contributed by atoms with Crippen LogP contribution in [0.25, 0.3) is 0 Å². The van der Waals surface area contributed by atoms with Gasteiger partial charge in [-0.05, 0) is 47.2 Å². The molecule has 10 N–H and O–H groups in total. The molecule has 1 heterocycles. The summed E-state index contributed by atoms with van der Waals surface area (Å²) in [5.74, 6) is -5.72. The molecule has 2 aromatic carbocycles. The lowest BCUT2D eigenvalue weighted by molar-refractivity contribution is -0.136. The van der Waals surface area contributed by atoms with Crippen LogP contribution in [0.1, 0.15) is 60.7 Å². The average Bonchev–Trinajstić information content (AvgIpc) is 3.63. The van der Waals surface area contributed by atoms with Gasteiger partial charge in [0.15, 0.2) is 5.60 Å². The highest BCUT2D eigenvalue weighted by atomic mass is 16.4. The average molecular weight is 709 g/mol. The Balaban J connectivity index is 1.72. The topological polar surface area (TPSA) is 284 Å². The number of anilines is 1. The Labute approximate surface area is 293 Å². The number of carbonyl (C=O) groups excluding carboxylic acids is 5. The summed E-state index contributed by atoms with van der Waals surface area (Å²) < 4.78 is 0. The van der Waals surface area contributed by atoms with Crippen molar-refractivity contribution in [3.05, 3.63) is 71.5 Å². The van der Waals surface area contributed by atoms with Gasteiger partial charge in [-0.25, -0.2) is 4.79 Å². The number of benzene rings is 2. The first kappa shape index (κ1) is 39.7. The van der Waals surface area contributed by atoms with Crippen molar-refractivity contribution < 1.29 is 39.0 Å². The predicted molar refractivity (Wildman–Crippen MR) is 183 cm³/mol. The van der Waals surface area contributed by atoms with E-state index in [1.807, 2.05) is 13.8 Å². The normalized spacial score (nSPS) is 14.0. The number of tetrazole rings is 1. The Hall–Kier alpha value is -5.75. The Morgan fingerprint density at radius 2 is 1.61 bits per heavy atom. The number of aromatic carboxylic acids is 1. The minimum atomic E-state index is -2.20. The molecule has 0 bridgehead atoms. The Bertz CT molecular complexity index is 1670. The maximum atomic E-state index is 13.6. The number of amides is 5. The molecule has 1 aromatic heterocycles. The first-order valence-corrected chi connectivity index (χ1v) is 16.2. The van der Waals surface area contributed by atoms with Gasteiger partial charge in [0.05, 0.1) is 12.1 Å². The number of hydrogen-bond donors (Lipinski definition) is 9. The number of aromatic nitrogens is 4. The van der Waals surface area contributed by atoms with E-state index in [-0.39, 0.29) is 42.4 Å². The number of nitrogens with two attached hydrogens (primary N) is 1. The van der Waals surface area contributed by atoms with Crippen LogP contribution in [0.5, 0.6) is 0 Å². The van der Waals surface area contributed by atoms with Crippen LogP contribution in [0.3, 0.4) is 0 Å². The van der Waals surface area contributed by atoms with Gasteiger partial charge in [0, 0.05) is 18.7 Å². The lowest BCUT2D eigenvalue weighted by Crippen LogP contribution is -2.60. The number of aliphatic hydroxyl groups is 1. The minimum Gasteiger partial charge on any atom is -0.478 e. The molecule has 0 saturated carbocycles. The first-order chi connectivity index (χ1) is 24.1. The van der Waals surface area contributed by atoms with Gasteiger partial charge >= 0.3 is 5.97 Å². The second kappa shape index (κ2) is 18.3. The van der Waals surface area contributed by atoms with Crippen LogP contribution in [-0.2, 0) is 25.6 Å². The summed E-state index contributed by atoms with van der Waals surface area (Å²) in [4.78, 5) is 77.0. The number of carboxylic acids is 1. The molecular weight excluding hydrogens is 664 g/mol. The molecule has 51 heavy (non-hydrogen) atoms. The van der Waals surface area contributed by atoms with E-state index in [0.717, 1.165) is 0 Å². The van der Waals surface area contributed by atoms with Crippen molar-refractivity contribution in [2.45, 2.75) is 64.3 Å². The zero-order valence-corrected chi connectivity index (χ0v) is 28.7. The molecule has 5 amide bonds. The van der Waals surface area contributed by atoms with Gasteiger partial charge in [0.2, 0.25) is 17.7 Å². The highest BCUT2D eigenvalue weighted by molar-refractivity contribution is 5.99. The summed E-state index contributed by atoms with van der Waals surface area (Å²) in [6.45, 7) is 6.17. The van der Waals surface area contributed by atoms with Crippen molar-refractivity contribution in [2.24, 2.45) is 17.6 Å². The molecule has 0 aliphatic heterocycles. The molecule has 0 spiro atoms. The predicted octanol–water partition coefficient (Wildman–Crippen LogP) is -0.645. The van der Waals surface area contributed by atoms with Crippen LogP contribution in [-0.4, -0.2) is 103 Å². The van der Waals surface area contributed by atoms with Crippen LogP contribution >= 0.6 is 0 Å². The van der Waals surface area contributed by atoms with E-state index >= 15 is 0 Å². The van der Waals surface area contributed by atoms with E-state index < -0.39 is 71.7 Å². The minimum absolute atomic E-state index is 0.0786. The van der Waals surface area contributed by atoms with Crippen molar-refractivity contribution >= 4 is 41.2 Å². The quantitative estimate of drug-likeness (QED) is 0.0798. The highest BCUT2D eigenvalue weighted by Gasteiger charge is 2.38. The van der Waals surface area contributed by atoms with Gasteiger partial charge in [-0.3, -0.25) is 24.0 Å². The monoisotopic (exact) mass is 708 g/mol. The summed E-state index contributed by atoms with van der Waals surface area (Å²) in [5, 5.41) is 46.3. The molecule has 3 aromatic rings. The fraction of sp³-hybridized carbons (Fsp3) is 0.424. The van der Waals surface area contributed by atoms with Gasteiger partial charge in [-0.15, -0.1) is 10.2 Å². The Morgan fingerprint density at radius 1 is 0.902 bits per heavy atom. The van der Waals surface area contributed by atoms with Crippen molar-refractivity contribution in [1.82, 2.24) is 41.9 Å². The third-order valence-corrected chi connectivity index (χ3v) is 7.64. The van der Waals surface area contributed by atoms with Gasteiger partial charge in [-0.1, -0.05) is 64.1 Å². The molecule has 274 valence electrons. The van der Waals surface area contributed by atoms with Crippen LogP contribution in [0.15, 0.2) is 54.6 Å². The van der Waals surface area contributed by atoms with Gasteiger partial charge in [0.25, 0.3) is 17.6 Å². The van der Waals surface area contributed by atoms with Crippen LogP contribution in [0.2, 0.25) is 0 Å². The zero-order chi connectivity index (χ0) is 37.7. The van der Waals surface area contributed by atoms with E-state index in [1.165, 1.54) is 24.3 Å².